The first-order valence-electron chi connectivity index (χ1n) is 5.55. The summed E-state index contributed by atoms with van der Waals surface area (Å²) in [5, 5.41) is 12.3. The van der Waals surface area contributed by atoms with E-state index in [-0.39, 0.29) is 0 Å². The first-order valence-corrected chi connectivity index (χ1v) is 5.55. The van der Waals surface area contributed by atoms with Gasteiger partial charge in [-0.2, -0.15) is 0 Å². The van der Waals surface area contributed by atoms with Crippen LogP contribution in [0.3, 0.4) is 0 Å². The normalized spacial score (nSPS) is 56.8. The van der Waals surface area contributed by atoms with Crippen molar-refractivity contribution in [3.63, 3.8) is 0 Å². The fourth-order valence-corrected chi connectivity index (χ4v) is 4.74. The quantitative estimate of drug-likeness (QED) is 0.447. The molecule has 4 aliphatic rings. The molecule has 2 nitrogen and oxygen atoms in total. The second-order valence-electron chi connectivity index (χ2n) is 5.65. The minimum Gasteiger partial charge on any atom is -0.411 e. The molecule has 4 atom stereocenters. The van der Waals surface area contributed by atoms with Crippen LogP contribution < -0.4 is 0 Å². The highest BCUT2D eigenvalue weighted by Gasteiger charge is 2.70. The van der Waals surface area contributed by atoms with Crippen molar-refractivity contribution in [2.75, 3.05) is 0 Å². The SMILES string of the molecule is O/N=C1/C[C@H]2C[C@H]1[C@@H]1CC3(CC3)[C@@H]21. The number of hydrogen-bond acceptors (Lipinski definition) is 2. The third-order valence-corrected chi connectivity index (χ3v) is 5.31. The molecule has 0 amide bonds. The summed E-state index contributed by atoms with van der Waals surface area (Å²) in [6, 6.07) is 0. The van der Waals surface area contributed by atoms with E-state index in [1.54, 1.807) is 0 Å². The van der Waals surface area contributed by atoms with Crippen molar-refractivity contribution in [1.82, 2.24) is 0 Å². The summed E-state index contributed by atoms with van der Waals surface area (Å²) in [7, 11) is 0. The van der Waals surface area contributed by atoms with Gasteiger partial charge < -0.3 is 5.21 Å². The molecule has 0 radical (unpaired) electrons. The number of hydrogen-bond donors (Lipinski definition) is 1. The van der Waals surface area contributed by atoms with Crippen molar-refractivity contribution < 1.29 is 5.21 Å². The van der Waals surface area contributed by atoms with Crippen LogP contribution >= 0.6 is 0 Å². The molecule has 4 aliphatic carbocycles. The van der Waals surface area contributed by atoms with Crippen LogP contribution in [0, 0.1) is 29.1 Å². The molecule has 4 saturated carbocycles. The monoisotopic (exact) mass is 177 g/mol. The van der Waals surface area contributed by atoms with Crippen LogP contribution in [0.4, 0.5) is 0 Å². The van der Waals surface area contributed by atoms with Crippen LogP contribution in [-0.4, -0.2) is 10.9 Å². The third-order valence-electron chi connectivity index (χ3n) is 5.31. The maximum atomic E-state index is 8.85. The van der Waals surface area contributed by atoms with E-state index in [2.05, 4.69) is 5.16 Å². The van der Waals surface area contributed by atoms with E-state index in [4.69, 9.17) is 5.21 Å². The predicted molar refractivity (Wildman–Crippen MR) is 48.7 cm³/mol. The van der Waals surface area contributed by atoms with E-state index < -0.39 is 0 Å². The largest absolute Gasteiger partial charge is 0.411 e. The van der Waals surface area contributed by atoms with Crippen LogP contribution in [-0.2, 0) is 0 Å². The standard InChI is InChI=1S/C11H15NO/c13-12-9-4-6-3-7(9)8-5-11(1-2-11)10(6)8/h6-8,10,13H,1-5H2/b12-9-/t6-,7+,8+,10+/m1/s1. The highest BCUT2D eigenvalue weighted by atomic mass is 16.4. The Hall–Kier alpha value is -0.530. The van der Waals surface area contributed by atoms with Gasteiger partial charge in [0.2, 0.25) is 0 Å². The van der Waals surface area contributed by atoms with Crippen molar-refractivity contribution in [3.05, 3.63) is 0 Å². The molecule has 2 bridgehead atoms. The zero-order valence-corrected chi connectivity index (χ0v) is 7.74. The molecule has 1 N–H and O–H groups in total. The van der Waals surface area contributed by atoms with Crippen LogP contribution in [0.15, 0.2) is 5.16 Å². The average Bonchev–Trinajstić information content (AvgIpc) is 2.76. The second-order valence-corrected chi connectivity index (χ2v) is 5.65. The van der Waals surface area contributed by atoms with Crippen molar-refractivity contribution in [2.24, 2.45) is 34.2 Å². The molecule has 70 valence electrons. The maximum Gasteiger partial charge on any atom is 0.0607 e. The Morgan fingerprint density at radius 2 is 2.23 bits per heavy atom. The fourth-order valence-electron chi connectivity index (χ4n) is 4.74. The lowest BCUT2D eigenvalue weighted by molar-refractivity contribution is 0.0265. The lowest BCUT2D eigenvalue weighted by atomic mass is 9.56. The van der Waals surface area contributed by atoms with Crippen LogP contribution in [0.1, 0.15) is 32.1 Å². The zero-order chi connectivity index (χ0) is 8.63. The van der Waals surface area contributed by atoms with Crippen molar-refractivity contribution in [1.29, 1.82) is 0 Å². The Morgan fingerprint density at radius 3 is 2.85 bits per heavy atom. The average molecular weight is 177 g/mol. The molecule has 1 spiro atoms. The van der Waals surface area contributed by atoms with Gasteiger partial charge in [-0.15, -0.1) is 0 Å². The molecule has 0 aromatic rings. The van der Waals surface area contributed by atoms with Gasteiger partial charge in [-0.3, -0.25) is 0 Å². The van der Waals surface area contributed by atoms with Crippen LogP contribution in [0.25, 0.3) is 0 Å². The number of oxime groups is 1. The van der Waals surface area contributed by atoms with Gasteiger partial charge in [0.1, 0.15) is 0 Å². The van der Waals surface area contributed by atoms with Gasteiger partial charge in [-0.1, -0.05) is 5.16 Å². The summed E-state index contributed by atoms with van der Waals surface area (Å²) in [4.78, 5) is 0. The van der Waals surface area contributed by atoms with E-state index in [0.29, 0.717) is 5.92 Å². The summed E-state index contributed by atoms with van der Waals surface area (Å²) in [6.07, 6.45) is 6.92. The molecule has 0 heterocycles. The lowest BCUT2D eigenvalue weighted by Crippen LogP contribution is -2.45. The molecule has 0 aromatic heterocycles. The van der Waals surface area contributed by atoms with Gasteiger partial charge >= 0.3 is 0 Å². The first kappa shape index (κ1) is 6.86. The highest BCUT2D eigenvalue weighted by Crippen LogP contribution is 2.76. The van der Waals surface area contributed by atoms with Crippen molar-refractivity contribution in [3.8, 4) is 0 Å². The minimum absolute atomic E-state index is 0.686. The summed E-state index contributed by atoms with van der Waals surface area (Å²) >= 11 is 0. The molecule has 0 saturated heterocycles. The number of nitrogens with zero attached hydrogens (tertiary/aromatic N) is 1. The van der Waals surface area contributed by atoms with Crippen LogP contribution in [0.5, 0.6) is 0 Å². The van der Waals surface area contributed by atoms with Crippen molar-refractivity contribution in [2.45, 2.75) is 32.1 Å². The van der Waals surface area contributed by atoms with Gasteiger partial charge in [-0.05, 0) is 55.3 Å². The van der Waals surface area contributed by atoms with Crippen LogP contribution in [0.2, 0.25) is 0 Å². The van der Waals surface area contributed by atoms with E-state index >= 15 is 0 Å². The minimum atomic E-state index is 0.686. The lowest BCUT2D eigenvalue weighted by Gasteiger charge is -2.48. The fraction of sp³-hybridized carbons (Fsp3) is 0.909. The molecule has 4 rings (SSSR count). The summed E-state index contributed by atoms with van der Waals surface area (Å²) < 4.78 is 0. The Balaban J connectivity index is 1.70. The molecular weight excluding hydrogens is 162 g/mol. The van der Waals surface area contributed by atoms with Gasteiger partial charge in [0.15, 0.2) is 0 Å². The molecular formula is C11H15NO. The summed E-state index contributed by atoms with van der Waals surface area (Å²) in [5.41, 5.74) is 1.95. The number of fused-ring (bicyclic) bond motifs is 6. The molecule has 13 heavy (non-hydrogen) atoms. The Morgan fingerprint density at radius 1 is 1.38 bits per heavy atom. The Labute approximate surface area is 78.0 Å². The Kier molecular flexibility index (Phi) is 0.946. The van der Waals surface area contributed by atoms with Crippen molar-refractivity contribution >= 4 is 5.71 Å². The summed E-state index contributed by atoms with van der Waals surface area (Å²) in [6.45, 7) is 0. The van der Waals surface area contributed by atoms with Gasteiger partial charge in [0.25, 0.3) is 0 Å². The van der Waals surface area contributed by atoms with E-state index in [1.165, 1.54) is 25.7 Å². The molecule has 0 aromatic carbocycles. The molecule has 0 aliphatic heterocycles. The van der Waals surface area contributed by atoms with E-state index in [1.807, 2.05) is 0 Å². The smallest absolute Gasteiger partial charge is 0.0607 e. The van der Waals surface area contributed by atoms with E-state index in [9.17, 15) is 0 Å². The third kappa shape index (κ3) is 0.598. The topological polar surface area (TPSA) is 32.6 Å². The molecule has 0 unspecified atom stereocenters. The Bertz CT molecular complexity index is 303. The van der Waals surface area contributed by atoms with Gasteiger partial charge in [-0.25, -0.2) is 0 Å². The summed E-state index contributed by atoms with van der Waals surface area (Å²) in [5.74, 6) is 3.55. The highest BCUT2D eigenvalue weighted by molar-refractivity contribution is 5.90. The predicted octanol–water partition coefficient (Wildman–Crippen LogP) is 2.27. The number of rotatable bonds is 0. The molecule has 4 fully saturated rings. The zero-order valence-electron chi connectivity index (χ0n) is 7.74. The van der Waals surface area contributed by atoms with Gasteiger partial charge in [0, 0.05) is 5.92 Å². The molecule has 2 heteroatoms. The second kappa shape index (κ2) is 1.79. The maximum absolute atomic E-state index is 8.85. The van der Waals surface area contributed by atoms with E-state index in [0.717, 1.165) is 35.3 Å². The van der Waals surface area contributed by atoms with Gasteiger partial charge in [0.05, 0.1) is 5.71 Å². The first-order chi connectivity index (χ1) is 6.34.